The zero-order valence-electron chi connectivity index (χ0n) is 21.8. The molecule has 0 aliphatic carbocycles. The van der Waals surface area contributed by atoms with Crippen LogP contribution in [0.4, 0.5) is 0 Å². The van der Waals surface area contributed by atoms with Crippen LogP contribution in [0.1, 0.15) is 123 Å². The van der Waals surface area contributed by atoms with Gasteiger partial charge in [0.2, 0.25) is 5.78 Å². The lowest BCUT2D eigenvalue weighted by atomic mass is 9.93. The van der Waals surface area contributed by atoms with Crippen molar-refractivity contribution in [2.75, 3.05) is 13.2 Å². The highest BCUT2D eigenvalue weighted by Gasteiger charge is 2.36. The summed E-state index contributed by atoms with van der Waals surface area (Å²) in [6.45, 7) is 2.68. The predicted octanol–water partition coefficient (Wildman–Crippen LogP) is 4.46. The van der Waals surface area contributed by atoms with E-state index in [9.17, 15) is 24.9 Å². The van der Waals surface area contributed by atoms with Gasteiger partial charge in [0.25, 0.3) is 0 Å². The Bertz CT molecular complexity index is 497. The van der Waals surface area contributed by atoms with Crippen LogP contribution in [0.2, 0.25) is 0 Å². The Hall–Kier alpha value is -1.02. The Morgan fingerprint density at radius 2 is 1.09 bits per heavy atom. The first-order valence-corrected chi connectivity index (χ1v) is 13.7. The number of hydrogen-bond acceptors (Lipinski definition) is 7. The van der Waals surface area contributed by atoms with Gasteiger partial charge in [-0.3, -0.25) is 9.59 Å². The molecule has 1 unspecified atom stereocenters. The van der Waals surface area contributed by atoms with Crippen molar-refractivity contribution in [3.8, 4) is 0 Å². The first-order valence-electron chi connectivity index (χ1n) is 13.7. The molecule has 0 fully saturated rings. The molecule has 0 spiro atoms. The predicted molar refractivity (Wildman–Crippen MR) is 134 cm³/mol. The molecule has 0 saturated heterocycles. The van der Waals surface area contributed by atoms with Crippen molar-refractivity contribution in [2.24, 2.45) is 5.92 Å². The van der Waals surface area contributed by atoms with E-state index in [1.807, 2.05) is 0 Å². The summed E-state index contributed by atoms with van der Waals surface area (Å²) in [7, 11) is 0. The number of ketones is 1. The zero-order valence-corrected chi connectivity index (χ0v) is 21.8. The smallest absolute Gasteiger partial charge is 0.309 e. The van der Waals surface area contributed by atoms with Crippen LogP contribution in [0.3, 0.4) is 0 Å². The van der Waals surface area contributed by atoms with Crippen molar-refractivity contribution in [3.05, 3.63) is 0 Å². The van der Waals surface area contributed by atoms with E-state index in [0.717, 1.165) is 38.5 Å². The topological polar surface area (TPSA) is 124 Å². The quantitative estimate of drug-likeness (QED) is 0.117. The number of aliphatic hydroxyl groups excluding tert-OH is 4. The summed E-state index contributed by atoms with van der Waals surface area (Å²) < 4.78 is 5.31. The number of ether oxygens (including phenoxy) is 1. The molecule has 202 valence electrons. The minimum atomic E-state index is -1.78. The van der Waals surface area contributed by atoms with Crippen LogP contribution in [0, 0.1) is 5.92 Å². The third kappa shape index (κ3) is 15.8. The fraction of sp³-hybridized carbons (Fsp3) is 0.926. The fourth-order valence-electron chi connectivity index (χ4n) is 4.20. The number of aliphatic hydroxyl groups is 4. The number of carbonyl (C=O) groups excluding carboxylic acids is 2. The third-order valence-corrected chi connectivity index (χ3v) is 6.50. The maximum Gasteiger partial charge on any atom is 0.309 e. The molecule has 0 aliphatic heterocycles. The van der Waals surface area contributed by atoms with Gasteiger partial charge in [0.1, 0.15) is 18.8 Å². The van der Waals surface area contributed by atoms with E-state index in [2.05, 4.69) is 13.8 Å². The summed E-state index contributed by atoms with van der Waals surface area (Å²) in [5, 5.41) is 38.1. The van der Waals surface area contributed by atoms with E-state index >= 15 is 0 Å². The Morgan fingerprint density at radius 3 is 1.47 bits per heavy atom. The lowest BCUT2D eigenvalue weighted by molar-refractivity contribution is -0.173. The van der Waals surface area contributed by atoms with E-state index in [0.29, 0.717) is 12.8 Å². The van der Waals surface area contributed by atoms with Gasteiger partial charge < -0.3 is 25.2 Å². The number of unbranched alkanes of at least 4 members (excludes halogenated alkanes) is 13. The molecule has 0 aromatic heterocycles. The standard InChI is InChI=1S/C27H52O7/c1-3-5-7-9-11-12-13-15-17-19-22(18-16-14-10-8-6-4-2)27(33)34-26(24(31)21-29)25(32)23(30)20-28/h22-23,25-26,28-30,32H,3-21H2,1-2H3/t22?,23-,25-,26-/m1/s1. The van der Waals surface area contributed by atoms with Crippen LogP contribution >= 0.6 is 0 Å². The number of esters is 1. The molecule has 7 nitrogen and oxygen atoms in total. The maximum absolute atomic E-state index is 12.9. The molecule has 0 amide bonds. The van der Waals surface area contributed by atoms with Crippen LogP contribution < -0.4 is 0 Å². The second kappa shape index (κ2) is 22.4. The van der Waals surface area contributed by atoms with Gasteiger partial charge in [-0.2, -0.15) is 0 Å². The van der Waals surface area contributed by atoms with Crippen molar-refractivity contribution in [3.63, 3.8) is 0 Å². The molecular weight excluding hydrogens is 436 g/mol. The molecule has 0 bridgehead atoms. The Kier molecular flexibility index (Phi) is 21.8. The summed E-state index contributed by atoms with van der Waals surface area (Å²) in [6.07, 6.45) is 13.5. The number of hydrogen-bond donors (Lipinski definition) is 4. The molecule has 7 heteroatoms. The molecule has 0 aliphatic rings. The molecule has 34 heavy (non-hydrogen) atoms. The van der Waals surface area contributed by atoms with Crippen molar-refractivity contribution in [1.29, 1.82) is 0 Å². The molecule has 0 heterocycles. The van der Waals surface area contributed by atoms with Crippen LogP contribution in [0.25, 0.3) is 0 Å². The van der Waals surface area contributed by atoms with Crippen LogP contribution in [0.15, 0.2) is 0 Å². The SMILES string of the molecule is CCCCCCCCCCCC(CCCCCCCC)C(=O)O[C@H](C(=O)CO)[C@H](O)[C@H](O)CO. The Morgan fingerprint density at radius 1 is 0.676 bits per heavy atom. The Balaban J connectivity index is 4.76. The summed E-state index contributed by atoms with van der Waals surface area (Å²) in [5.74, 6) is -1.86. The van der Waals surface area contributed by atoms with Gasteiger partial charge in [-0.05, 0) is 12.8 Å². The van der Waals surface area contributed by atoms with Crippen LogP contribution in [-0.2, 0) is 14.3 Å². The lowest BCUT2D eigenvalue weighted by Gasteiger charge is -2.26. The van der Waals surface area contributed by atoms with Gasteiger partial charge in [0.15, 0.2) is 6.10 Å². The zero-order chi connectivity index (χ0) is 25.6. The first-order chi connectivity index (χ1) is 16.4. The van der Waals surface area contributed by atoms with E-state index in [4.69, 9.17) is 9.84 Å². The van der Waals surface area contributed by atoms with Gasteiger partial charge in [-0.1, -0.05) is 110 Å². The second-order valence-corrected chi connectivity index (χ2v) is 9.59. The molecule has 0 aromatic carbocycles. The average Bonchev–Trinajstić information content (AvgIpc) is 2.85. The first kappa shape index (κ1) is 33.0. The second-order valence-electron chi connectivity index (χ2n) is 9.59. The molecule has 0 radical (unpaired) electrons. The number of rotatable bonds is 24. The maximum atomic E-state index is 12.9. The van der Waals surface area contributed by atoms with Crippen molar-refractivity contribution in [1.82, 2.24) is 0 Å². The van der Waals surface area contributed by atoms with Gasteiger partial charge >= 0.3 is 5.97 Å². The highest BCUT2D eigenvalue weighted by molar-refractivity contribution is 5.87. The van der Waals surface area contributed by atoms with E-state index in [-0.39, 0.29) is 5.92 Å². The van der Waals surface area contributed by atoms with Crippen LogP contribution in [0.5, 0.6) is 0 Å². The lowest BCUT2D eigenvalue weighted by Crippen LogP contribution is -2.48. The number of carbonyl (C=O) groups is 2. The number of Topliss-reactive ketones (excluding diaryl/α,β-unsaturated/α-hetero) is 1. The fourth-order valence-corrected chi connectivity index (χ4v) is 4.20. The minimum absolute atomic E-state index is 0.386. The summed E-state index contributed by atoms with van der Waals surface area (Å²) >= 11 is 0. The van der Waals surface area contributed by atoms with Crippen LogP contribution in [-0.4, -0.2) is 63.7 Å². The average molecular weight is 489 g/mol. The van der Waals surface area contributed by atoms with Gasteiger partial charge in [0, 0.05) is 0 Å². The van der Waals surface area contributed by atoms with E-state index < -0.39 is 43.3 Å². The van der Waals surface area contributed by atoms with E-state index in [1.54, 1.807) is 0 Å². The monoisotopic (exact) mass is 488 g/mol. The minimum Gasteiger partial charge on any atom is -0.451 e. The van der Waals surface area contributed by atoms with Gasteiger partial charge in [0.05, 0.1) is 12.5 Å². The molecule has 4 N–H and O–H groups in total. The largest absolute Gasteiger partial charge is 0.451 e. The normalized spacial score (nSPS) is 15.0. The van der Waals surface area contributed by atoms with Gasteiger partial charge in [-0.25, -0.2) is 0 Å². The summed E-state index contributed by atoms with van der Waals surface area (Å²) in [4.78, 5) is 25.0. The summed E-state index contributed by atoms with van der Waals surface area (Å²) in [6, 6.07) is 0. The molecule has 4 atom stereocenters. The van der Waals surface area contributed by atoms with Gasteiger partial charge in [-0.15, -0.1) is 0 Å². The highest BCUT2D eigenvalue weighted by Crippen LogP contribution is 2.22. The van der Waals surface area contributed by atoms with Crippen molar-refractivity contribution in [2.45, 2.75) is 141 Å². The van der Waals surface area contributed by atoms with Crippen molar-refractivity contribution >= 4 is 11.8 Å². The van der Waals surface area contributed by atoms with Crippen molar-refractivity contribution < 1.29 is 34.8 Å². The highest BCUT2D eigenvalue weighted by atomic mass is 16.6. The summed E-state index contributed by atoms with van der Waals surface area (Å²) in [5.41, 5.74) is 0. The molecule has 0 saturated carbocycles. The molecular formula is C27H52O7. The molecule has 0 rings (SSSR count). The third-order valence-electron chi connectivity index (χ3n) is 6.50. The van der Waals surface area contributed by atoms with E-state index in [1.165, 1.54) is 57.8 Å². The Labute approximate surface area is 207 Å². The molecule has 0 aromatic rings.